The molecule has 102 valence electrons. The van der Waals surface area contributed by atoms with Crippen LogP contribution in [0, 0.1) is 23.3 Å². The monoisotopic (exact) mass is 300 g/mol. The highest BCUT2D eigenvalue weighted by atomic mass is 35.5. The van der Waals surface area contributed by atoms with E-state index in [0.29, 0.717) is 0 Å². The third kappa shape index (κ3) is 1.92. The molecule has 0 aliphatic rings. The van der Waals surface area contributed by atoms with Crippen molar-refractivity contribution in [3.8, 4) is 11.4 Å². The minimum absolute atomic E-state index is 0.113. The summed E-state index contributed by atoms with van der Waals surface area (Å²) in [4.78, 5) is 6.35. The largest absolute Gasteiger partial charge is 0.338 e. The summed E-state index contributed by atoms with van der Waals surface area (Å²) in [5.41, 5.74) is -0.327. The van der Waals surface area contributed by atoms with Crippen LogP contribution >= 0.6 is 11.6 Å². The molecule has 2 nitrogen and oxygen atoms in total. The summed E-state index contributed by atoms with van der Waals surface area (Å²) in [7, 11) is 0. The van der Waals surface area contributed by atoms with Crippen LogP contribution < -0.4 is 0 Å². The molecule has 3 rings (SSSR count). The second-order valence-electron chi connectivity index (χ2n) is 4.09. The number of H-pyrrole nitrogens is 1. The van der Waals surface area contributed by atoms with E-state index in [1.807, 2.05) is 0 Å². The Kier molecular flexibility index (Phi) is 2.90. The molecule has 0 bridgehead atoms. The minimum Gasteiger partial charge on any atom is -0.338 e. The first kappa shape index (κ1) is 12.9. The van der Waals surface area contributed by atoms with Gasteiger partial charge in [0.1, 0.15) is 23.0 Å². The molecule has 0 atom stereocenters. The van der Waals surface area contributed by atoms with Gasteiger partial charge in [-0.1, -0.05) is 11.6 Å². The van der Waals surface area contributed by atoms with Gasteiger partial charge in [-0.05, 0) is 24.3 Å². The van der Waals surface area contributed by atoms with Crippen molar-refractivity contribution >= 4 is 22.6 Å². The highest BCUT2D eigenvalue weighted by Gasteiger charge is 2.16. The quantitative estimate of drug-likeness (QED) is 0.522. The van der Waals surface area contributed by atoms with Crippen LogP contribution in [-0.2, 0) is 0 Å². The third-order valence-electron chi connectivity index (χ3n) is 2.81. The fourth-order valence-electron chi connectivity index (χ4n) is 1.85. The summed E-state index contributed by atoms with van der Waals surface area (Å²) >= 11 is 5.44. The smallest absolute Gasteiger partial charge is 0.186 e. The normalized spacial score (nSPS) is 11.2. The number of aromatic nitrogens is 2. The number of imidazole rings is 1. The maximum Gasteiger partial charge on any atom is 0.186 e. The highest BCUT2D eigenvalue weighted by molar-refractivity contribution is 6.30. The van der Waals surface area contributed by atoms with Gasteiger partial charge in [0.05, 0.1) is 16.1 Å². The zero-order valence-corrected chi connectivity index (χ0v) is 10.4. The molecule has 20 heavy (non-hydrogen) atoms. The van der Waals surface area contributed by atoms with Crippen LogP contribution in [0.5, 0.6) is 0 Å². The van der Waals surface area contributed by atoms with Gasteiger partial charge < -0.3 is 4.98 Å². The molecular weight excluding hydrogens is 296 g/mol. The van der Waals surface area contributed by atoms with Crippen molar-refractivity contribution in [2.45, 2.75) is 0 Å². The number of fused-ring (bicyclic) bond motifs is 1. The summed E-state index contributed by atoms with van der Waals surface area (Å²) in [6, 6.07) is 3.80. The summed E-state index contributed by atoms with van der Waals surface area (Å²) in [5, 5.41) is -0.375. The van der Waals surface area contributed by atoms with Crippen molar-refractivity contribution in [3.05, 3.63) is 52.6 Å². The number of hydrogen-bond donors (Lipinski definition) is 1. The van der Waals surface area contributed by atoms with Crippen LogP contribution in [0.1, 0.15) is 0 Å². The molecule has 0 saturated heterocycles. The lowest BCUT2D eigenvalue weighted by molar-refractivity contribution is 0.515. The first-order valence-electron chi connectivity index (χ1n) is 5.46. The maximum absolute atomic E-state index is 13.7. The first-order chi connectivity index (χ1) is 9.47. The number of hydrogen-bond acceptors (Lipinski definition) is 1. The summed E-state index contributed by atoms with van der Waals surface area (Å²) < 4.78 is 53.7. The second-order valence-corrected chi connectivity index (χ2v) is 4.50. The Morgan fingerprint density at radius 1 is 0.950 bits per heavy atom. The lowest BCUT2D eigenvalue weighted by atomic mass is 10.2. The Bertz CT molecular complexity index is 829. The first-order valence-corrected chi connectivity index (χ1v) is 5.84. The highest BCUT2D eigenvalue weighted by Crippen LogP contribution is 2.28. The molecule has 1 N–H and O–H groups in total. The minimum atomic E-state index is -1.15. The predicted octanol–water partition coefficient (Wildman–Crippen LogP) is 4.44. The molecule has 0 aliphatic heterocycles. The van der Waals surface area contributed by atoms with Gasteiger partial charge in [0.25, 0.3) is 0 Å². The summed E-state index contributed by atoms with van der Waals surface area (Å²) in [5.74, 6) is -4.00. The third-order valence-corrected chi connectivity index (χ3v) is 3.10. The maximum atomic E-state index is 13.7. The molecule has 0 fully saturated rings. The van der Waals surface area contributed by atoms with Crippen molar-refractivity contribution in [1.82, 2.24) is 9.97 Å². The molecule has 1 aromatic heterocycles. The zero-order chi connectivity index (χ0) is 14.4. The summed E-state index contributed by atoms with van der Waals surface area (Å²) in [6.45, 7) is 0. The van der Waals surface area contributed by atoms with E-state index in [9.17, 15) is 17.6 Å². The Morgan fingerprint density at radius 2 is 1.70 bits per heavy atom. The molecule has 0 radical (unpaired) electrons. The van der Waals surface area contributed by atoms with E-state index in [4.69, 9.17) is 11.6 Å². The molecule has 0 saturated carbocycles. The molecule has 0 aliphatic carbocycles. The number of nitrogens with zero attached hydrogens (tertiary/aromatic N) is 1. The Hall–Kier alpha value is -2.08. The van der Waals surface area contributed by atoms with E-state index in [1.54, 1.807) is 0 Å². The van der Waals surface area contributed by atoms with Crippen LogP contribution in [-0.4, -0.2) is 9.97 Å². The van der Waals surface area contributed by atoms with Gasteiger partial charge in [0.2, 0.25) is 0 Å². The van der Waals surface area contributed by atoms with Crippen molar-refractivity contribution < 1.29 is 17.6 Å². The molecule has 3 aromatic rings. The number of nitrogens with one attached hydrogen (secondary N) is 1. The topological polar surface area (TPSA) is 28.7 Å². The second kappa shape index (κ2) is 4.49. The molecule has 2 aromatic carbocycles. The van der Waals surface area contributed by atoms with Gasteiger partial charge in [-0.15, -0.1) is 0 Å². The Balaban J connectivity index is 2.25. The Morgan fingerprint density at radius 3 is 2.45 bits per heavy atom. The Labute approximate surface area is 115 Å². The van der Waals surface area contributed by atoms with Crippen LogP contribution in [0.3, 0.4) is 0 Å². The molecule has 1 heterocycles. The van der Waals surface area contributed by atoms with E-state index >= 15 is 0 Å². The van der Waals surface area contributed by atoms with Gasteiger partial charge in [-0.2, -0.15) is 0 Å². The fourth-order valence-corrected chi connectivity index (χ4v) is 2.00. The van der Waals surface area contributed by atoms with Crippen LogP contribution in [0.4, 0.5) is 17.6 Å². The van der Waals surface area contributed by atoms with E-state index in [-0.39, 0.29) is 27.4 Å². The van der Waals surface area contributed by atoms with Crippen molar-refractivity contribution in [1.29, 1.82) is 0 Å². The van der Waals surface area contributed by atoms with Crippen LogP contribution in [0.2, 0.25) is 5.02 Å². The van der Waals surface area contributed by atoms with Crippen molar-refractivity contribution in [3.63, 3.8) is 0 Å². The van der Waals surface area contributed by atoms with Crippen LogP contribution in [0.15, 0.2) is 24.3 Å². The number of halogens is 5. The van der Waals surface area contributed by atoms with Crippen molar-refractivity contribution in [2.24, 2.45) is 0 Å². The van der Waals surface area contributed by atoms with E-state index in [0.717, 1.165) is 18.2 Å². The number of benzene rings is 2. The average Bonchev–Trinajstić information content (AvgIpc) is 2.83. The number of rotatable bonds is 1. The van der Waals surface area contributed by atoms with Crippen LogP contribution in [0.25, 0.3) is 22.4 Å². The molecular formula is C13H5ClF4N2. The van der Waals surface area contributed by atoms with E-state index in [1.165, 1.54) is 6.07 Å². The fraction of sp³-hybridized carbons (Fsp3) is 0. The lowest BCUT2D eigenvalue weighted by Crippen LogP contribution is -1.90. The van der Waals surface area contributed by atoms with Gasteiger partial charge in [0.15, 0.2) is 11.6 Å². The lowest BCUT2D eigenvalue weighted by Gasteiger charge is -2.01. The predicted molar refractivity (Wildman–Crippen MR) is 66.4 cm³/mol. The van der Waals surface area contributed by atoms with Gasteiger partial charge in [-0.3, -0.25) is 0 Å². The van der Waals surface area contributed by atoms with Gasteiger partial charge >= 0.3 is 0 Å². The van der Waals surface area contributed by atoms with Gasteiger partial charge in [0, 0.05) is 0 Å². The van der Waals surface area contributed by atoms with E-state index in [2.05, 4.69) is 9.97 Å². The average molecular weight is 301 g/mol. The van der Waals surface area contributed by atoms with Gasteiger partial charge in [-0.25, -0.2) is 22.5 Å². The van der Waals surface area contributed by atoms with Crippen molar-refractivity contribution in [2.75, 3.05) is 0 Å². The summed E-state index contributed by atoms with van der Waals surface area (Å²) in [6.07, 6.45) is 0. The standard InChI is InChI=1S/C13H5ClF4N2/c14-6-4-8(16)5(3-9(6)17)13-19-10-2-1-7(15)11(18)12(10)20-13/h1-4H,(H,19,20). The molecule has 0 unspecified atom stereocenters. The van der Waals surface area contributed by atoms with E-state index < -0.39 is 23.3 Å². The molecule has 0 spiro atoms. The zero-order valence-electron chi connectivity index (χ0n) is 9.65. The molecule has 7 heteroatoms. The molecule has 0 amide bonds. The number of aromatic amines is 1. The SMILES string of the molecule is Fc1cc(-c2nc3c(F)c(F)ccc3[nH]2)c(F)cc1Cl.